The van der Waals surface area contributed by atoms with Crippen molar-refractivity contribution in [2.24, 2.45) is 10.7 Å². The van der Waals surface area contributed by atoms with Gasteiger partial charge in [0.05, 0.1) is 143 Å². The van der Waals surface area contributed by atoms with E-state index in [0.29, 0.717) is 121 Å². The topological polar surface area (TPSA) is 319 Å². The summed E-state index contributed by atoms with van der Waals surface area (Å²) >= 11 is 1.14. The molecule has 0 saturated heterocycles. The number of rotatable bonds is 40. The van der Waals surface area contributed by atoms with Gasteiger partial charge in [-0.25, -0.2) is 19.3 Å². The summed E-state index contributed by atoms with van der Waals surface area (Å²) in [6, 6.07) is 1.58. The molecule has 0 spiro atoms. The van der Waals surface area contributed by atoms with Gasteiger partial charge in [-0.05, 0) is 12.1 Å². The Bertz CT molecular complexity index is 1830. The highest BCUT2D eigenvalue weighted by Crippen LogP contribution is 2.34. The molecule has 0 bridgehead atoms. The van der Waals surface area contributed by atoms with E-state index < -0.39 is 40.0 Å². The largest absolute Gasteiger partial charge is 0.478 e. The molecule has 4 amide bonds. The van der Waals surface area contributed by atoms with Gasteiger partial charge in [0, 0.05) is 42.1 Å². The van der Waals surface area contributed by atoms with E-state index in [1.165, 1.54) is 6.08 Å². The number of nitrogens with two attached hydrogens (primary N) is 1. The second-order valence-electron chi connectivity index (χ2n) is 13.3. The Labute approximate surface area is 386 Å². The van der Waals surface area contributed by atoms with Crippen LogP contribution in [-0.2, 0) is 88.0 Å². The van der Waals surface area contributed by atoms with Gasteiger partial charge in [0.1, 0.15) is 19.0 Å². The number of carboxylic acids is 1. The number of nitrogens with one attached hydrogen (secondary N) is 3. The summed E-state index contributed by atoms with van der Waals surface area (Å²) < 4.78 is 87.5. The molecule has 2 aliphatic rings. The fourth-order valence-corrected chi connectivity index (χ4v) is 6.92. The maximum absolute atomic E-state index is 12.3. The number of thiophene rings is 1. The lowest BCUT2D eigenvalue weighted by Crippen LogP contribution is -2.41. The molecule has 0 radical (unpaired) electrons. The van der Waals surface area contributed by atoms with Crippen LogP contribution in [0.2, 0.25) is 0 Å². The molecule has 372 valence electrons. The van der Waals surface area contributed by atoms with Gasteiger partial charge in [0.2, 0.25) is 5.91 Å². The van der Waals surface area contributed by atoms with Crippen LogP contribution in [0.1, 0.15) is 16.2 Å². The van der Waals surface area contributed by atoms with Crippen LogP contribution in [0.5, 0.6) is 0 Å². The van der Waals surface area contributed by atoms with Gasteiger partial charge in [-0.2, -0.15) is 13.1 Å². The van der Waals surface area contributed by atoms with Crippen LogP contribution in [0.15, 0.2) is 28.8 Å². The Morgan fingerprint density at radius 1 is 0.682 bits per heavy atom. The van der Waals surface area contributed by atoms with Gasteiger partial charge in [-0.1, -0.05) is 0 Å². The molecule has 6 N–H and O–H groups in total. The number of carbonyl (C=O) groups excluding carboxylic acids is 4. The molecule has 27 heteroatoms. The predicted octanol–water partition coefficient (Wildman–Crippen LogP) is -1.12. The predicted molar refractivity (Wildman–Crippen MR) is 233 cm³/mol. The number of hydrogen-bond donors (Lipinski definition) is 5. The molecule has 1 aromatic heterocycles. The van der Waals surface area contributed by atoms with Gasteiger partial charge in [-0.15, -0.1) is 11.3 Å². The number of carboxylic acid groups (broad SMARTS) is 1. The second kappa shape index (κ2) is 33.9. The average molecular weight is 981 g/mol. The van der Waals surface area contributed by atoms with Crippen LogP contribution in [0, 0.1) is 0 Å². The fourth-order valence-electron chi connectivity index (χ4n) is 5.13. The maximum Gasteiger partial charge on any atom is 0.421 e. The van der Waals surface area contributed by atoms with Crippen molar-refractivity contribution >= 4 is 68.9 Å². The first kappa shape index (κ1) is 55.8. The Kier molecular flexibility index (Phi) is 28.7. The smallest absolute Gasteiger partial charge is 0.421 e. The Balaban J connectivity index is 0.961. The van der Waals surface area contributed by atoms with Gasteiger partial charge >= 0.3 is 22.3 Å². The number of hydrogen-bond acceptors (Lipinski definition) is 21. The van der Waals surface area contributed by atoms with E-state index in [1.54, 1.807) is 10.8 Å². The normalized spacial score (nSPS) is 13.7. The minimum atomic E-state index is -4.26. The van der Waals surface area contributed by atoms with Crippen LogP contribution in [0.25, 0.3) is 6.08 Å². The van der Waals surface area contributed by atoms with Crippen LogP contribution in [0.4, 0.5) is 10.5 Å². The molecule has 66 heavy (non-hydrogen) atoms. The van der Waals surface area contributed by atoms with Gasteiger partial charge in [0.15, 0.2) is 0 Å². The molecule has 0 aromatic carbocycles. The van der Waals surface area contributed by atoms with Crippen LogP contribution in [0.3, 0.4) is 0 Å². The molecule has 0 fully saturated rings. The van der Waals surface area contributed by atoms with Crippen molar-refractivity contribution < 1.29 is 89.6 Å². The zero-order valence-corrected chi connectivity index (χ0v) is 38.2. The molecule has 0 atom stereocenters. The van der Waals surface area contributed by atoms with E-state index in [-0.39, 0.29) is 70.5 Å². The fraction of sp³-hybridized carbons (Fsp3) is 0.641. The van der Waals surface area contributed by atoms with Crippen LogP contribution in [-0.4, -0.2) is 206 Å². The molecular weight excluding hydrogens is 921 g/mol. The number of amidine groups is 1. The molecule has 2 aliphatic heterocycles. The molecule has 3 rings (SSSR count). The molecule has 25 nitrogen and oxygen atoms in total. The lowest BCUT2D eigenvalue weighted by Gasteiger charge is -2.13. The van der Waals surface area contributed by atoms with Crippen molar-refractivity contribution in [2.75, 3.05) is 152 Å². The molecule has 3 heterocycles. The highest BCUT2D eigenvalue weighted by Gasteiger charge is 2.25. The third-order valence-electron chi connectivity index (χ3n) is 8.24. The minimum absolute atomic E-state index is 0.00961. The number of carbonyl (C=O) groups is 5. The summed E-state index contributed by atoms with van der Waals surface area (Å²) in [5.41, 5.74) is 6.26. The zero-order valence-electron chi connectivity index (χ0n) is 36.6. The maximum atomic E-state index is 12.3. The third kappa shape index (κ3) is 26.0. The van der Waals surface area contributed by atoms with Crippen molar-refractivity contribution in [1.82, 2.24) is 19.7 Å². The lowest BCUT2D eigenvalue weighted by molar-refractivity contribution is -0.141. The summed E-state index contributed by atoms with van der Waals surface area (Å²) in [5, 5.41) is 11.9. The third-order valence-corrected chi connectivity index (χ3v) is 10.3. The first-order chi connectivity index (χ1) is 31.9. The Hall–Kier alpha value is -4.49. The number of ether oxygens (including phenoxy) is 11. The van der Waals surface area contributed by atoms with E-state index in [4.69, 9.17) is 57.8 Å². The van der Waals surface area contributed by atoms with E-state index in [1.807, 2.05) is 0 Å². The van der Waals surface area contributed by atoms with Gasteiger partial charge < -0.3 is 68.3 Å². The van der Waals surface area contributed by atoms with Gasteiger partial charge in [-0.3, -0.25) is 19.3 Å². The standard InChI is InChI=1S/C39H60N6O19S2/c40-34-26-30(38(49)50)25-33-32(43-34)27-31(65-33)28-42-66(52,53)44-39(51)64-24-23-63-22-21-62-20-19-61-18-17-60-16-15-59-14-13-58-12-11-57-10-9-56-8-7-55-6-5-54-4-3-41-35(46)29-45-36(47)1-2-37(45)48/h1-2,25,27,42H,3-24,26,28-29H2,(H2,40,43)(H,41,46)(H,44,51)(H,49,50). The Morgan fingerprint density at radius 2 is 1.11 bits per heavy atom. The minimum Gasteiger partial charge on any atom is -0.478 e. The molecule has 1 aromatic rings. The molecule has 0 saturated carbocycles. The summed E-state index contributed by atoms with van der Waals surface area (Å²) in [6.45, 7) is 6.67. The summed E-state index contributed by atoms with van der Waals surface area (Å²) in [6.07, 6.45) is 2.49. The summed E-state index contributed by atoms with van der Waals surface area (Å²) in [5.74, 6) is -2.46. The van der Waals surface area contributed by atoms with Crippen LogP contribution >= 0.6 is 11.3 Å². The number of nitrogens with zero attached hydrogens (tertiary/aromatic N) is 2. The van der Waals surface area contributed by atoms with Crippen molar-refractivity contribution in [3.8, 4) is 0 Å². The number of aliphatic imine (C=N–C) groups is 1. The van der Waals surface area contributed by atoms with E-state index >= 15 is 0 Å². The highest BCUT2D eigenvalue weighted by atomic mass is 32.2. The highest BCUT2D eigenvalue weighted by molar-refractivity contribution is 7.88. The van der Waals surface area contributed by atoms with Crippen molar-refractivity contribution in [3.63, 3.8) is 0 Å². The molecule has 0 aliphatic carbocycles. The summed E-state index contributed by atoms with van der Waals surface area (Å²) in [7, 11) is -4.26. The van der Waals surface area contributed by atoms with Crippen molar-refractivity contribution in [3.05, 3.63) is 33.5 Å². The quantitative estimate of drug-likeness (QED) is 0.0384. The molecular formula is C39H60N6O19S2. The number of fused-ring (bicyclic) bond motifs is 1. The van der Waals surface area contributed by atoms with E-state index in [2.05, 4.69) is 15.0 Å². The van der Waals surface area contributed by atoms with Gasteiger partial charge in [0.25, 0.3) is 11.8 Å². The number of amides is 4. The number of imide groups is 1. The summed E-state index contributed by atoms with van der Waals surface area (Å²) in [4.78, 5) is 64.1. The number of aliphatic carboxylic acids is 1. The first-order valence-corrected chi connectivity index (χ1v) is 23.1. The SMILES string of the molecule is NC1=Nc2cc(CNS(=O)(=O)NC(=O)OCCOCCOCCOCCOCCOCCOCCOCCOCCOCCOCCNC(=O)CN3C(=O)C=CC3=O)sc2C=C(C(=O)O)C1. The zero-order chi connectivity index (χ0) is 47.7. The van der Waals surface area contributed by atoms with Crippen LogP contribution < -0.4 is 20.5 Å². The van der Waals surface area contributed by atoms with E-state index in [9.17, 15) is 37.5 Å². The lowest BCUT2D eigenvalue weighted by atomic mass is 10.1. The Morgan fingerprint density at radius 3 is 1.55 bits per heavy atom. The molecule has 0 unspecified atom stereocenters. The first-order valence-electron chi connectivity index (χ1n) is 20.8. The van der Waals surface area contributed by atoms with Crippen molar-refractivity contribution in [2.45, 2.75) is 13.0 Å². The van der Waals surface area contributed by atoms with Crippen molar-refractivity contribution in [1.29, 1.82) is 0 Å². The van der Waals surface area contributed by atoms with E-state index in [0.717, 1.165) is 28.4 Å². The average Bonchev–Trinajstić information content (AvgIpc) is 3.76. The second-order valence-corrected chi connectivity index (χ2v) is 16.0. The monoisotopic (exact) mass is 980 g/mol.